The second-order valence-corrected chi connectivity index (χ2v) is 6.37. The number of nitrogens with two attached hydrogens (primary N) is 1. The van der Waals surface area contributed by atoms with E-state index in [-0.39, 0.29) is 27.0 Å². The van der Waals surface area contributed by atoms with Gasteiger partial charge in [0.15, 0.2) is 17.3 Å². The Morgan fingerprint density at radius 1 is 1.46 bits per heavy atom. The Hall–Kier alpha value is -2.82. The lowest BCUT2D eigenvalue weighted by molar-refractivity contribution is 0.0561. The van der Waals surface area contributed by atoms with E-state index >= 15 is 0 Å². The topological polar surface area (TPSA) is 94.5 Å². The summed E-state index contributed by atoms with van der Waals surface area (Å²) in [7, 11) is 1.42. The highest BCUT2D eigenvalue weighted by Crippen LogP contribution is 2.45. The molecule has 1 heterocycles. The van der Waals surface area contributed by atoms with E-state index in [2.05, 4.69) is 15.4 Å². The zero-order chi connectivity index (χ0) is 20.6. The first-order valence-corrected chi connectivity index (χ1v) is 8.31. The molecule has 0 saturated heterocycles. The lowest BCUT2D eigenvalue weighted by Crippen LogP contribution is -2.18. The number of amides is 1. The predicted molar refractivity (Wildman–Crippen MR) is 92.6 cm³/mol. The average molecular weight is 420 g/mol. The molecule has 1 saturated carbocycles. The van der Waals surface area contributed by atoms with Crippen molar-refractivity contribution in [3.8, 4) is 0 Å². The molecule has 2 atom stereocenters. The van der Waals surface area contributed by atoms with Gasteiger partial charge in [0, 0.05) is 24.7 Å². The summed E-state index contributed by atoms with van der Waals surface area (Å²) in [4.78, 5) is 15.8. The second-order valence-electron chi connectivity index (χ2n) is 5.96. The fourth-order valence-electron chi connectivity index (χ4n) is 2.60. The molecule has 1 aliphatic rings. The minimum atomic E-state index is -2.99. The summed E-state index contributed by atoms with van der Waals surface area (Å²) < 4.78 is 58.9. The quantitative estimate of drug-likeness (QED) is 0.442. The molecule has 12 heteroatoms. The van der Waals surface area contributed by atoms with E-state index < -0.39 is 41.8 Å². The van der Waals surface area contributed by atoms with E-state index in [4.69, 9.17) is 22.1 Å². The van der Waals surface area contributed by atoms with Crippen molar-refractivity contribution in [2.75, 3.05) is 12.4 Å². The molecule has 150 valence electrons. The van der Waals surface area contributed by atoms with Crippen LogP contribution in [0.1, 0.15) is 34.9 Å². The van der Waals surface area contributed by atoms with Gasteiger partial charge >= 0.3 is 6.55 Å². The first kappa shape index (κ1) is 19.9. The molecule has 1 aliphatic carbocycles. The van der Waals surface area contributed by atoms with Crippen LogP contribution in [0, 0.1) is 11.6 Å². The van der Waals surface area contributed by atoms with Gasteiger partial charge in [-0.3, -0.25) is 4.79 Å². The Bertz CT molecular complexity index is 949. The van der Waals surface area contributed by atoms with Gasteiger partial charge in [0.1, 0.15) is 6.10 Å². The number of aromatic nitrogens is 2. The molecule has 3 rings (SSSR count). The number of carbonyl (C=O) groups is 1. The number of carbonyl (C=O) groups excluding carboxylic acids is 1. The number of hydrogen-bond donors (Lipinski definition) is 2. The summed E-state index contributed by atoms with van der Waals surface area (Å²) in [6.07, 6.45) is 0.692. The van der Waals surface area contributed by atoms with E-state index in [1.54, 1.807) is 0 Å². The van der Waals surface area contributed by atoms with Crippen molar-refractivity contribution in [3.05, 3.63) is 46.2 Å². The van der Waals surface area contributed by atoms with Crippen LogP contribution < -0.4 is 11.1 Å². The van der Waals surface area contributed by atoms with Crippen LogP contribution in [0.25, 0.3) is 0 Å². The predicted octanol–water partition coefficient (Wildman–Crippen LogP) is 3.28. The van der Waals surface area contributed by atoms with Crippen molar-refractivity contribution in [2.24, 2.45) is 10.7 Å². The van der Waals surface area contributed by atoms with Gasteiger partial charge in [-0.1, -0.05) is 11.6 Å². The monoisotopic (exact) mass is 419 g/mol. The van der Waals surface area contributed by atoms with Gasteiger partial charge in [0.25, 0.3) is 11.9 Å². The van der Waals surface area contributed by atoms with E-state index in [1.807, 2.05) is 0 Å². The number of aliphatic imine (C=N–C) groups is 1. The Morgan fingerprint density at radius 2 is 2.18 bits per heavy atom. The fraction of sp³-hybridized carbons (Fsp3) is 0.312. The maximum Gasteiger partial charge on any atom is 0.333 e. The number of anilines is 1. The summed E-state index contributed by atoms with van der Waals surface area (Å²) in [6, 6.07) is 1.90. The van der Waals surface area contributed by atoms with E-state index in [1.165, 1.54) is 13.1 Å². The van der Waals surface area contributed by atoms with Crippen LogP contribution >= 0.6 is 11.6 Å². The summed E-state index contributed by atoms with van der Waals surface area (Å²) in [5, 5.41) is 5.33. The minimum Gasteiger partial charge on any atom is -0.461 e. The number of hydrogen-bond acceptors (Lipinski definition) is 4. The molecule has 1 aromatic heterocycles. The number of alkyl halides is 2. The smallest absolute Gasteiger partial charge is 0.333 e. The molecule has 1 aromatic carbocycles. The Labute approximate surface area is 161 Å². The van der Waals surface area contributed by atoms with E-state index in [0.29, 0.717) is 6.42 Å². The molecular formula is C16H14ClF4N5O2. The second kappa shape index (κ2) is 7.66. The lowest BCUT2D eigenvalue weighted by Gasteiger charge is -2.10. The van der Waals surface area contributed by atoms with E-state index in [0.717, 1.165) is 12.3 Å². The highest BCUT2D eigenvalue weighted by Gasteiger charge is 2.43. The molecule has 3 N–H and O–H groups in total. The number of nitrogens with one attached hydrogen (secondary N) is 1. The lowest BCUT2D eigenvalue weighted by atomic mass is 10.1. The van der Waals surface area contributed by atoms with Crippen molar-refractivity contribution in [2.45, 2.75) is 25.0 Å². The Morgan fingerprint density at radius 3 is 2.79 bits per heavy atom. The molecule has 0 aliphatic heterocycles. The summed E-state index contributed by atoms with van der Waals surface area (Å²) in [5.41, 5.74) is 4.86. The number of amidine groups is 1. The molecular weight excluding hydrogens is 406 g/mol. The van der Waals surface area contributed by atoms with Gasteiger partial charge in [0.05, 0.1) is 11.2 Å². The number of nitrogens with zero attached hydrogens (tertiary/aromatic N) is 3. The van der Waals surface area contributed by atoms with Crippen LogP contribution in [-0.2, 0) is 4.74 Å². The molecule has 0 radical (unpaired) electrons. The molecule has 2 aromatic rings. The van der Waals surface area contributed by atoms with Crippen LogP contribution in [0.3, 0.4) is 0 Å². The van der Waals surface area contributed by atoms with Crippen LogP contribution in [0.15, 0.2) is 23.3 Å². The molecule has 7 nitrogen and oxygen atoms in total. The van der Waals surface area contributed by atoms with Gasteiger partial charge in [-0.25, -0.2) is 18.5 Å². The van der Waals surface area contributed by atoms with E-state index in [9.17, 15) is 22.4 Å². The maximum atomic E-state index is 14.2. The highest BCUT2D eigenvalue weighted by atomic mass is 35.5. The Balaban J connectivity index is 1.80. The molecule has 1 amide bonds. The summed E-state index contributed by atoms with van der Waals surface area (Å²) in [5.74, 6) is -3.71. The molecule has 0 bridgehead atoms. The van der Waals surface area contributed by atoms with Crippen LogP contribution in [-0.4, -0.2) is 34.9 Å². The SMILES string of the molecule is CN=C(N)O[C@@H]1C[C@@H]1c1cc(NC(=O)c2nn(C(F)F)cc2Cl)cc(F)c1F. The number of rotatable bonds is 5. The number of halogens is 5. The normalized spacial score (nSPS) is 19.0. The largest absolute Gasteiger partial charge is 0.461 e. The number of ether oxygens (including phenoxy) is 1. The molecule has 0 unspecified atom stereocenters. The maximum absolute atomic E-state index is 14.2. The van der Waals surface area contributed by atoms with Crippen molar-refractivity contribution in [1.29, 1.82) is 0 Å². The fourth-order valence-corrected chi connectivity index (χ4v) is 2.83. The van der Waals surface area contributed by atoms with Crippen molar-refractivity contribution in [3.63, 3.8) is 0 Å². The van der Waals surface area contributed by atoms with Gasteiger partial charge < -0.3 is 15.8 Å². The van der Waals surface area contributed by atoms with Gasteiger partial charge in [0.2, 0.25) is 0 Å². The van der Waals surface area contributed by atoms with Crippen LogP contribution in [0.4, 0.5) is 23.2 Å². The van der Waals surface area contributed by atoms with Gasteiger partial charge in [-0.05, 0) is 18.1 Å². The standard InChI is InChI=1S/C16H14ClF4N5O2/c1-23-16(22)28-11-4-7(11)8-2-6(3-10(18)12(8)19)24-14(27)13-9(17)5-26(25-13)15(20)21/h2-3,5,7,11,15H,4H2,1H3,(H2,22,23)(H,24,27)/t7-,11-/m1/s1. The van der Waals surface area contributed by atoms with Crippen molar-refractivity contribution < 1.29 is 27.1 Å². The third-order valence-electron chi connectivity index (χ3n) is 4.04. The van der Waals surface area contributed by atoms with Crippen LogP contribution in [0.2, 0.25) is 5.02 Å². The first-order valence-electron chi connectivity index (χ1n) is 7.93. The molecule has 28 heavy (non-hydrogen) atoms. The zero-order valence-corrected chi connectivity index (χ0v) is 15.1. The van der Waals surface area contributed by atoms with Gasteiger partial charge in [-0.15, -0.1) is 0 Å². The minimum absolute atomic E-state index is 0.0200. The summed E-state index contributed by atoms with van der Waals surface area (Å²) in [6.45, 7) is -2.99. The Kier molecular flexibility index (Phi) is 5.45. The average Bonchev–Trinajstić information content (AvgIpc) is 3.27. The van der Waals surface area contributed by atoms with Crippen molar-refractivity contribution >= 4 is 29.2 Å². The number of benzene rings is 1. The zero-order valence-electron chi connectivity index (χ0n) is 14.3. The van der Waals surface area contributed by atoms with Crippen LogP contribution in [0.5, 0.6) is 0 Å². The third kappa shape index (κ3) is 4.03. The summed E-state index contributed by atoms with van der Waals surface area (Å²) >= 11 is 5.73. The van der Waals surface area contributed by atoms with Gasteiger partial charge in [-0.2, -0.15) is 13.9 Å². The molecule has 0 spiro atoms. The highest BCUT2D eigenvalue weighted by molar-refractivity contribution is 6.34. The third-order valence-corrected chi connectivity index (χ3v) is 4.32. The molecule has 1 fully saturated rings. The first-order chi connectivity index (χ1) is 13.2. The van der Waals surface area contributed by atoms with Crippen molar-refractivity contribution in [1.82, 2.24) is 9.78 Å².